The molecule has 0 saturated heterocycles. The summed E-state index contributed by atoms with van der Waals surface area (Å²) in [5, 5.41) is 16.9. The minimum atomic E-state index is -0.276. The molecule has 1 atom stereocenters. The fraction of sp³-hybridized carbons (Fsp3) is 0.357. The summed E-state index contributed by atoms with van der Waals surface area (Å²) in [7, 11) is 0. The highest BCUT2D eigenvalue weighted by atomic mass is 19.1. The SMILES string of the molecule is CCCn1cc(C(CO)Nc2ccc(F)cc2)cn1. The molecule has 0 aliphatic heterocycles. The van der Waals surface area contributed by atoms with E-state index in [9.17, 15) is 9.50 Å². The summed E-state index contributed by atoms with van der Waals surface area (Å²) in [6.07, 6.45) is 4.67. The first-order valence-corrected chi connectivity index (χ1v) is 6.38. The van der Waals surface area contributed by atoms with Crippen molar-refractivity contribution in [2.45, 2.75) is 25.9 Å². The molecule has 2 aromatic rings. The Morgan fingerprint density at radius 3 is 2.74 bits per heavy atom. The summed E-state index contributed by atoms with van der Waals surface area (Å²) < 4.78 is 14.7. The molecule has 2 N–H and O–H groups in total. The molecule has 1 unspecified atom stereocenters. The molecule has 0 fully saturated rings. The first kappa shape index (κ1) is 13.5. The standard InChI is InChI=1S/C14H18FN3O/c1-2-7-18-9-11(8-16-18)14(10-19)17-13-5-3-12(15)4-6-13/h3-6,8-9,14,17,19H,2,7,10H2,1H3. The van der Waals surface area contributed by atoms with Crippen LogP contribution in [0.15, 0.2) is 36.7 Å². The van der Waals surface area contributed by atoms with Gasteiger partial charge in [0, 0.05) is 24.0 Å². The Kier molecular flexibility index (Phi) is 4.52. The molecule has 0 spiro atoms. The molecule has 102 valence electrons. The van der Waals surface area contributed by atoms with Crippen molar-refractivity contribution >= 4 is 5.69 Å². The van der Waals surface area contributed by atoms with Gasteiger partial charge in [-0.1, -0.05) is 6.92 Å². The number of hydrogen-bond acceptors (Lipinski definition) is 3. The fourth-order valence-corrected chi connectivity index (χ4v) is 1.89. The van der Waals surface area contributed by atoms with Gasteiger partial charge in [0.05, 0.1) is 18.8 Å². The van der Waals surface area contributed by atoms with Crippen molar-refractivity contribution < 1.29 is 9.50 Å². The van der Waals surface area contributed by atoms with Crippen molar-refractivity contribution in [3.05, 3.63) is 48.0 Å². The van der Waals surface area contributed by atoms with E-state index < -0.39 is 0 Å². The molecule has 0 radical (unpaired) electrons. The van der Waals surface area contributed by atoms with E-state index in [4.69, 9.17) is 0 Å². The maximum atomic E-state index is 12.8. The molecule has 0 aliphatic carbocycles. The Balaban J connectivity index is 2.08. The molecule has 1 aromatic heterocycles. The minimum absolute atomic E-state index is 0.0464. The zero-order chi connectivity index (χ0) is 13.7. The average Bonchev–Trinajstić information content (AvgIpc) is 2.87. The molecular formula is C14H18FN3O. The van der Waals surface area contributed by atoms with Gasteiger partial charge in [-0.25, -0.2) is 4.39 Å². The van der Waals surface area contributed by atoms with Crippen molar-refractivity contribution in [1.82, 2.24) is 9.78 Å². The third-order valence-electron chi connectivity index (χ3n) is 2.88. The lowest BCUT2D eigenvalue weighted by Gasteiger charge is -2.16. The van der Waals surface area contributed by atoms with Crippen LogP contribution in [0.3, 0.4) is 0 Å². The number of benzene rings is 1. The largest absolute Gasteiger partial charge is 0.394 e. The maximum absolute atomic E-state index is 12.8. The predicted molar refractivity (Wildman–Crippen MR) is 72.4 cm³/mol. The molecule has 0 saturated carbocycles. The van der Waals surface area contributed by atoms with Crippen LogP contribution in [0, 0.1) is 5.82 Å². The topological polar surface area (TPSA) is 50.1 Å². The smallest absolute Gasteiger partial charge is 0.123 e. The Labute approximate surface area is 111 Å². The quantitative estimate of drug-likeness (QED) is 0.842. The van der Waals surface area contributed by atoms with Gasteiger partial charge in [-0.15, -0.1) is 0 Å². The Hall–Kier alpha value is -1.88. The number of rotatable bonds is 6. The molecule has 19 heavy (non-hydrogen) atoms. The lowest BCUT2D eigenvalue weighted by Crippen LogP contribution is -2.14. The second kappa shape index (κ2) is 6.33. The lowest BCUT2D eigenvalue weighted by molar-refractivity contribution is 0.276. The van der Waals surface area contributed by atoms with E-state index in [1.165, 1.54) is 12.1 Å². The molecule has 0 bridgehead atoms. The summed E-state index contributed by atoms with van der Waals surface area (Å²) >= 11 is 0. The molecule has 2 rings (SSSR count). The average molecular weight is 263 g/mol. The number of hydrogen-bond donors (Lipinski definition) is 2. The number of aryl methyl sites for hydroxylation is 1. The van der Waals surface area contributed by atoms with Crippen molar-refractivity contribution in [2.24, 2.45) is 0 Å². The van der Waals surface area contributed by atoms with Gasteiger partial charge in [0.2, 0.25) is 0 Å². The zero-order valence-electron chi connectivity index (χ0n) is 10.9. The Morgan fingerprint density at radius 2 is 2.11 bits per heavy atom. The second-order valence-electron chi connectivity index (χ2n) is 4.42. The number of nitrogens with one attached hydrogen (secondary N) is 1. The monoisotopic (exact) mass is 263 g/mol. The third kappa shape index (κ3) is 3.54. The zero-order valence-corrected chi connectivity index (χ0v) is 10.9. The van der Waals surface area contributed by atoms with Gasteiger partial charge in [0.15, 0.2) is 0 Å². The van der Waals surface area contributed by atoms with Crippen LogP contribution in [0.2, 0.25) is 0 Å². The van der Waals surface area contributed by atoms with E-state index in [0.29, 0.717) is 0 Å². The first-order chi connectivity index (χ1) is 9.22. The van der Waals surface area contributed by atoms with Crippen molar-refractivity contribution in [2.75, 3.05) is 11.9 Å². The number of halogens is 1. The van der Waals surface area contributed by atoms with E-state index in [1.807, 2.05) is 10.9 Å². The van der Waals surface area contributed by atoms with Crippen LogP contribution in [0.4, 0.5) is 10.1 Å². The lowest BCUT2D eigenvalue weighted by atomic mass is 10.1. The van der Waals surface area contributed by atoms with Gasteiger partial charge < -0.3 is 10.4 Å². The highest BCUT2D eigenvalue weighted by molar-refractivity contribution is 5.45. The molecule has 0 aliphatic rings. The number of aliphatic hydroxyl groups excluding tert-OH is 1. The van der Waals surface area contributed by atoms with Gasteiger partial charge in [-0.2, -0.15) is 5.10 Å². The van der Waals surface area contributed by atoms with Gasteiger partial charge in [0.1, 0.15) is 5.82 Å². The minimum Gasteiger partial charge on any atom is -0.394 e. The molecule has 0 amide bonds. The second-order valence-corrected chi connectivity index (χ2v) is 4.42. The molecule has 4 nitrogen and oxygen atoms in total. The van der Waals surface area contributed by atoms with Crippen LogP contribution < -0.4 is 5.32 Å². The van der Waals surface area contributed by atoms with Crippen molar-refractivity contribution in [3.63, 3.8) is 0 Å². The third-order valence-corrected chi connectivity index (χ3v) is 2.88. The Bertz CT molecular complexity index is 510. The Morgan fingerprint density at radius 1 is 1.37 bits per heavy atom. The highest BCUT2D eigenvalue weighted by Crippen LogP contribution is 2.19. The van der Waals surface area contributed by atoms with Crippen LogP contribution in [0.1, 0.15) is 24.9 Å². The number of aliphatic hydroxyl groups is 1. The van der Waals surface area contributed by atoms with E-state index in [1.54, 1.807) is 18.3 Å². The number of nitrogens with zero attached hydrogens (tertiary/aromatic N) is 2. The van der Waals surface area contributed by atoms with E-state index >= 15 is 0 Å². The molecule has 5 heteroatoms. The summed E-state index contributed by atoms with van der Waals surface area (Å²) in [6, 6.07) is 5.83. The summed E-state index contributed by atoms with van der Waals surface area (Å²) in [4.78, 5) is 0. The van der Waals surface area contributed by atoms with Crippen LogP contribution in [-0.2, 0) is 6.54 Å². The molecular weight excluding hydrogens is 245 g/mol. The predicted octanol–water partition coefficient (Wildman–Crippen LogP) is 2.58. The highest BCUT2D eigenvalue weighted by Gasteiger charge is 2.12. The summed E-state index contributed by atoms with van der Waals surface area (Å²) in [5.74, 6) is -0.276. The molecule has 1 heterocycles. The van der Waals surface area contributed by atoms with Crippen molar-refractivity contribution in [3.8, 4) is 0 Å². The van der Waals surface area contributed by atoms with Gasteiger partial charge in [0.25, 0.3) is 0 Å². The maximum Gasteiger partial charge on any atom is 0.123 e. The van der Waals surface area contributed by atoms with Gasteiger partial charge >= 0.3 is 0 Å². The van der Waals surface area contributed by atoms with E-state index in [-0.39, 0.29) is 18.5 Å². The number of aromatic nitrogens is 2. The summed E-state index contributed by atoms with van der Waals surface area (Å²) in [6.45, 7) is 2.89. The number of anilines is 1. The van der Waals surface area contributed by atoms with Crippen molar-refractivity contribution in [1.29, 1.82) is 0 Å². The van der Waals surface area contributed by atoms with Crippen LogP contribution >= 0.6 is 0 Å². The van der Waals surface area contributed by atoms with Crippen LogP contribution in [0.5, 0.6) is 0 Å². The normalized spacial score (nSPS) is 12.4. The van der Waals surface area contributed by atoms with Gasteiger partial charge in [-0.05, 0) is 30.7 Å². The summed E-state index contributed by atoms with van der Waals surface area (Å²) in [5.41, 5.74) is 1.68. The first-order valence-electron chi connectivity index (χ1n) is 6.38. The fourth-order valence-electron chi connectivity index (χ4n) is 1.89. The van der Waals surface area contributed by atoms with Gasteiger partial charge in [-0.3, -0.25) is 4.68 Å². The molecule has 1 aromatic carbocycles. The van der Waals surface area contributed by atoms with Crippen LogP contribution in [0.25, 0.3) is 0 Å². The van der Waals surface area contributed by atoms with E-state index in [2.05, 4.69) is 17.3 Å². The van der Waals surface area contributed by atoms with Crippen LogP contribution in [-0.4, -0.2) is 21.5 Å². The van der Waals surface area contributed by atoms with E-state index in [0.717, 1.165) is 24.2 Å².